The van der Waals surface area contributed by atoms with Crippen molar-refractivity contribution in [2.75, 3.05) is 28.6 Å². The monoisotopic (exact) mass is 398 g/mol. The summed E-state index contributed by atoms with van der Waals surface area (Å²) < 4.78 is 0. The van der Waals surface area contributed by atoms with Crippen molar-refractivity contribution in [1.82, 2.24) is 0 Å². The van der Waals surface area contributed by atoms with Crippen molar-refractivity contribution < 1.29 is 9.59 Å². The number of fused-ring (bicyclic) bond motifs is 2. The molecule has 2 amide bonds. The predicted molar refractivity (Wildman–Crippen MR) is 114 cm³/mol. The lowest BCUT2D eigenvalue weighted by Crippen LogP contribution is -2.50. The molecule has 2 aliphatic rings. The van der Waals surface area contributed by atoms with Gasteiger partial charge in [-0.2, -0.15) is 0 Å². The zero-order chi connectivity index (χ0) is 19.9. The molecule has 4 N–H and O–H groups in total. The van der Waals surface area contributed by atoms with Crippen LogP contribution in [-0.2, 0) is 17.6 Å². The fourth-order valence-electron chi connectivity index (χ4n) is 4.22. The quantitative estimate of drug-likeness (QED) is 0.737. The summed E-state index contributed by atoms with van der Waals surface area (Å²) in [6.45, 7) is 5.17. The van der Waals surface area contributed by atoms with Crippen molar-refractivity contribution in [3.8, 4) is 0 Å². The smallest absolute Gasteiger partial charge is 0.251 e. The van der Waals surface area contributed by atoms with Crippen LogP contribution in [-0.4, -0.2) is 30.4 Å². The molecule has 0 unspecified atom stereocenters. The molecule has 0 spiro atoms. The van der Waals surface area contributed by atoms with E-state index < -0.39 is 5.91 Å². The molecule has 1 aromatic carbocycles. The highest BCUT2D eigenvalue weighted by Gasteiger charge is 2.31. The molecule has 1 aliphatic carbocycles. The Morgan fingerprint density at radius 2 is 2.00 bits per heavy atom. The predicted octanol–water partition coefficient (Wildman–Crippen LogP) is 3.38. The molecule has 1 aromatic heterocycles. The van der Waals surface area contributed by atoms with Crippen LogP contribution < -0.4 is 21.3 Å². The van der Waals surface area contributed by atoms with Gasteiger partial charge >= 0.3 is 0 Å². The Bertz CT molecular complexity index is 934. The van der Waals surface area contributed by atoms with Gasteiger partial charge in [0.25, 0.3) is 5.91 Å². The second-order valence-corrected chi connectivity index (χ2v) is 9.31. The van der Waals surface area contributed by atoms with Crippen LogP contribution >= 0.6 is 11.3 Å². The van der Waals surface area contributed by atoms with Crippen LogP contribution in [0.5, 0.6) is 0 Å². The molecule has 2 aromatic rings. The summed E-state index contributed by atoms with van der Waals surface area (Å²) in [7, 11) is 0. The van der Waals surface area contributed by atoms with Crippen molar-refractivity contribution >= 4 is 39.5 Å². The normalized spacial score (nSPS) is 17.3. The van der Waals surface area contributed by atoms with E-state index in [9.17, 15) is 9.59 Å². The first-order chi connectivity index (χ1) is 13.3. The Kier molecular flexibility index (Phi) is 4.79. The zero-order valence-corrected chi connectivity index (χ0v) is 17.1. The number of primary amides is 1. The lowest BCUT2D eigenvalue weighted by molar-refractivity contribution is -0.115. The summed E-state index contributed by atoms with van der Waals surface area (Å²) >= 11 is 1.50. The minimum atomic E-state index is -0.455. The molecule has 4 rings (SSSR count). The fourth-order valence-corrected chi connectivity index (χ4v) is 5.53. The number of carbonyl (C=O) groups is 2. The molecule has 148 valence electrons. The Hall–Kier alpha value is -2.54. The third-order valence-corrected chi connectivity index (χ3v) is 6.52. The number of benzene rings is 1. The van der Waals surface area contributed by atoms with Crippen molar-refractivity contribution in [2.45, 2.75) is 45.1 Å². The van der Waals surface area contributed by atoms with Crippen molar-refractivity contribution in [3.05, 3.63) is 40.3 Å². The molecule has 0 saturated heterocycles. The van der Waals surface area contributed by atoms with E-state index in [0.717, 1.165) is 42.6 Å². The van der Waals surface area contributed by atoms with Gasteiger partial charge in [-0.3, -0.25) is 9.59 Å². The van der Waals surface area contributed by atoms with E-state index in [1.54, 1.807) is 0 Å². The summed E-state index contributed by atoms with van der Waals surface area (Å²) in [6, 6.07) is 8.01. The number of carbonyl (C=O) groups excluding carboxylic acids is 2. The maximum absolute atomic E-state index is 12.9. The molecule has 7 heteroatoms. The number of thiophene rings is 1. The third kappa shape index (κ3) is 3.58. The average molecular weight is 399 g/mol. The molecule has 6 nitrogen and oxygen atoms in total. The summed E-state index contributed by atoms with van der Waals surface area (Å²) in [5.41, 5.74) is 9.07. The van der Waals surface area contributed by atoms with Crippen LogP contribution in [0.3, 0.4) is 0 Å². The first-order valence-corrected chi connectivity index (χ1v) is 10.5. The Labute approximate surface area is 169 Å². The van der Waals surface area contributed by atoms with E-state index in [-0.39, 0.29) is 18.0 Å². The number of para-hydroxylation sites is 2. The highest BCUT2D eigenvalue weighted by molar-refractivity contribution is 7.17. The highest BCUT2D eigenvalue weighted by Crippen LogP contribution is 2.38. The third-order valence-electron chi connectivity index (χ3n) is 5.31. The van der Waals surface area contributed by atoms with Crippen LogP contribution in [0, 0.1) is 0 Å². The standard InChI is InChI=1S/C21H26N4O2S/c1-21(2)12-25(15-9-5-4-8-14(15)24-21)11-17(26)23-20-18(19(22)27)13-7-3-6-10-16(13)28-20/h4-5,8-9,24H,3,6-7,10-12H2,1-2H3,(H2,22,27)(H,23,26). The molecule has 0 fully saturated rings. The van der Waals surface area contributed by atoms with Gasteiger partial charge < -0.3 is 21.3 Å². The summed E-state index contributed by atoms with van der Waals surface area (Å²) in [5.74, 6) is -0.586. The van der Waals surface area contributed by atoms with Gasteiger partial charge in [-0.25, -0.2) is 0 Å². The fraction of sp³-hybridized carbons (Fsp3) is 0.429. The summed E-state index contributed by atoms with van der Waals surface area (Å²) in [6.07, 6.45) is 3.99. The second-order valence-electron chi connectivity index (χ2n) is 8.21. The number of aryl methyl sites for hydroxylation is 1. The molecule has 0 atom stereocenters. The second kappa shape index (κ2) is 7.13. The summed E-state index contributed by atoms with van der Waals surface area (Å²) in [5, 5.41) is 7.09. The number of hydrogen-bond acceptors (Lipinski definition) is 5. The van der Waals surface area contributed by atoms with Crippen LogP contribution in [0.1, 0.15) is 47.5 Å². The van der Waals surface area contributed by atoms with Gasteiger partial charge in [0.2, 0.25) is 5.91 Å². The first kappa shape index (κ1) is 18.8. The molecule has 1 aliphatic heterocycles. The number of hydrogen-bond donors (Lipinski definition) is 3. The summed E-state index contributed by atoms with van der Waals surface area (Å²) in [4.78, 5) is 28.2. The van der Waals surface area contributed by atoms with Crippen LogP contribution in [0.4, 0.5) is 16.4 Å². The number of rotatable bonds is 4. The van der Waals surface area contributed by atoms with Crippen LogP contribution in [0.2, 0.25) is 0 Å². The Morgan fingerprint density at radius 3 is 2.79 bits per heavy atom. The van der Waals surface area contributed by atoms with E-state index in [1.807, 2.05) is 24.3 Å². The Morgan fingerprint density at radius 1 is 1.25 bits per heavy atom. The minimum absolute atomic E-state index is 0.131. The molecule has 0 saturated carbocycles. The maximum Gasteiger partial charge on any atom is 0.251 e. The number of nitrogens with one attached hydrogen (secondary N) is 2. The number of nitrogens with zero attached hydrogens (tertiary/aromatic N) is 1. The number of nitrogens with two attached hydrogens (primary N) is 1. The number of anilines is 3. The van der Waals surface area contributed by atoms with Gasteiger partial charge in [0.1, 0.15) is 5.00 Å². The van der Waals surface area contributed by atoms with Gasteiger partial charge in [0, 0.05) is 17.0 Å². The molecule has 0 bridgehead atoms. The zero-order valence-electron chi connectivity index (χ0n) is 16.3. The van der Waals surface area contributed by atoms with Crippen molar-refractivity contribution in [1.29, 1.82) is 0 Å². The van der Waals surface area contributed by atoms with Crippen LogP contribution in [0.15, 0.2) is 24.3 Å². The minimum Gasteiger partial charge on any atom is -0.377 e. The first-order valence-electron chi connectivity index (χ1n) is 9.70. The molecular weight excluding hydrogens is 372 g/mol. The SMILES string of the molecule is CC1(C)CN(CC(=O)Nc2sc3c(c2C(N)=O)CCCC3)c2ccccc2N1. The van der Waals surface area contributed by atoms with E-state index in [0.29, 0.717) is 17.1 Å². The molecule has 0 radical (unpaired) electrons. The van der Waals surface area contributed by atoms with E-state index in [2.05, 4.69) is 29.4 Å². The highest BCUT2D eigenvalue weighted by atomic mass is 32.1. The van der Waals surface area contributed by atoms with Gasteiger partial charge in [0.15, 0.2) is 0 Å². The van der Waals surface area contributed by atoms with E-state index in [1.165, 1.54) is 16.2 Å². The molecular formula is C21H26N4O2S. The largest absolute Gasteiger partial charge is 0.377 e. The lowest BCUT2D eigenvalue weighted by atomic mass is 9.95. The van der Waals surface area contributed by atoms with Crippen molar-refractivity contribution in [2.24, 2.45) is 5.73 Å². The molecule has 28 heavy (non-hydrogen) atoms. The topological polar surface area (TPSA) is 87.5 Å². The molecule has 2 heterocycles. The van der Waals surface area contributed by atoms with Crippen molar-refractivity contribution in [3.63, 3.8) is 0 Å². The van der Waals surface area contributed by atoms with E-state index in [4.69, 9.17) is 5.73 Å². The van der Waals surface area contributed by atoms with Gasteiger partial charge in [0.05, 0.1) is 23.5 Å². The average Bonchev–Trinajstić information content (AvgIpc) is 2.98. The van der Waals surface area contributed by atoms with Gasteiger partial charge in [-0.15, -0.1) is 11.3 Å². The van der Waals surface area contributed by atoms with E-state index >= 15 is 0 Å². The van der Waals surface area contributed by atoms with Gasteiger partial charge in [-0.1, -0.05) is 12.1 Å². The number of amides is 2. The van der Waals surface area contributed by atoms with Gasteiger partial charge in [-0.05, 0) is 57.2 Å². The Balaban J connectivity index is 1.56. The van der Waals surface area contributed by atoms with Crippen LogP contribution in [0.25, 0.3) is 0 Å². The maximum atomic E-state index is 12.9. The lowest BCUT2D eigenvalue weighted by Gasteiger charge is -2.41.